The van der Waals surface area contributed by atoms with Crippen LogP contribution in [0.25, 0.3) is 0 Å². The number of hydrogen-bond donors (Lipinski definition) is 1. The van der Waals surface area contributed by atoms with Crippen molar-refractivity contribution in [3.05, 3.63) is 64.7 Å². The standard InChI is InChI=1S/C19H18ClNO3/c1-12(2)18(13-6-8-15(20)9-7-13)19(23)24-17(11-21)14-4-3-5-16(22)10-14/h3-10,12,17-18,22H,1-2H3. The van der Waals surface area contributed by atoms with E-state index in [0.29, 0.717) is 10.6 Å². The Labute approximate surface area is 146 Å². The fourth-order valence-corrected chi connectivity index (χ4v) is 2.64. The summed E-state index contributed by atoms with van der Waals surface area (Å²) >= 11 is 5.89. The van der Waals surface area contributed by atoms with Gasteiger partial charge in [0.2, 0.25) is 6.10 Å². The highest BCUT2D eigenvalue weighted by molar-refractivity contribution is 6.30. The molecule has 0 aliphatic carbocycles. The third-order valence-electron chi connectivity index (χ3n) is 3.67. The summed E-state index contributed by atoms with van der Waals surface area (Å²) < 4.78 is 5.40. The highest BCUT2D eigenvalue weighted by atomic mass is 35.5. The van der Waals surface area contributed by atoms with Gasteiger partial charge in [-0.2, -0.15) is 5.26 Å². The summed E-state index contributed by atoms with van der Waals surface area (Å²) in [5, 5.41) is 19.4. The van der Waals surface area contributed by atoms with Gasteiger partial charge in [0.1, 0.15) is 11.8 Å². The van der Waals surface area contributed by atoms with Crippen molar-refractivity contribution in [3.8, 4) is 11.8 Å². The zero-order chi connectivity index (χ0) is 17.7. The largest absolute Gasteiger partial charge is 0.508 e. The lowest BCUT2D eigenvalue weighted by Crippen LogP contribution is -2.22. The molecule has 0 amide bonds. The lowest BCUT2D eigenvalue weighted by molar-refractivity contribution is -0.150. The van der Waals surface area contributed by atoms with Crippen molar-refractivity contribution >= 4 is 17.6 Å². The Hall–Kier alpha value is -2.51. The Morgan fingerprint density at radius 1 is 1.17 bits per heavy atom. The number of halogens is 1. The monoisotopic (exact) mass is 343 g/mol. The summed E-state index contributed by atoms with van der Waals surface area (Å²) in [5.41, 5.74) is 1.22. The maximum atomic E-state index is 12.6. The molecule has 0 bridgehead atoms. The van der Waals surface area contributed by atoms with Crippen molar-refractivity contribution in [1.29, 1.82) is 5.26 Å². The summed E-state index contributed by atoms with van der Waals surface area (Å²) in [6, 6.07) is 15.1. The number of phenolic OH excluding ortho intramolecular Hbond substituents is 1. The average molecular weight is 344 g/mol. The molecule has 24 heavy (non-hydrogen) atoms. The molecule has 0 aromatic heterocycles. The molecule has 0 radical (unpaired) electrons. The molecule has 0 spiro atoms. The second kappa shape index (κ2) is 7.85. The fourth-order valence-electron chi connectivity index (χ4n) is 2.51. The normalized spacial score (nSPS) is 13.1. The quantitative estimate of drug-likeness (QED) is 0.806. The van der Waals surface area contributed by atoms with E-state index >= 15 is 0 Å². The number of phenols is 1. The molecular formula is C19H18ClNO3. The van der Waals surface area contributed by atoms with Crippen LogP contribution in [-0.4, -0.2) is 11.1 Å². The Kier molecular flexibility index (Phi) is 5.83. The van der Waals surface area contributed by atoms with E-state index in [2.05, 4.69) is 0 Å². The van der Waals surface area contributed by atoms with Gasteiger partial charge in [-0.25, -0.2) is 0 Å². The first-order chi connectivity index (χ1) is 11.4. The Morgan fingerprint density at radius 3 is 2.38 bits per heavy atom. The number of hydrogen-bond acceptors (Lipinski definition) is 4. The van der Waals surface area contributed by atoms with Crippen molar-refractivity contribution in [2.75, 3.05) is 0 Å². The van der Waals surface area contributed by atoms with Gasteiger partial charge >= 0.3 is 5.97 Å². The highest BCUT2D eigenvalue weighted by Gasteiger charge is 2.28. The molecular weight excluding hydrogens is 326 g/mol. The first kappa shape index (κ1) is 17.8. The molecule has 0 heterocycles. The lowest BCUT2D eigenvalue weighted by atomic mass is 9.88. The number of nitrogens with zero attached hydrogens (tertiary/aromatic N) is 1. The second-order valence-corrected chi connectivity index (χ2v) is 6.25. The topological polar surface area (TPSA) is 70.3 Å². The summed E-state index contributed by atoms with van der Waals surface area (Å²) in [6.07, 6.45) is -1.07. The molecule has 1 N–H and O–H groups in total. The van der Waals surface area contributed by atoms with Crippen LogP contribution in [0.3, 0.4) is 0 Å². The van der Waals surface area contributed by atoms with Gasteiger partial charge < -0.3 is 9.84 Å². The minimum absolute atomic E-state index is 0.0119. The van der Waals surface area contributed by atoms with Gasteiger partial charge in [0.05, 0.1) is 5.92 Å². The van der Waals surface area contributed by atoms with Gasteiger partial charge in [-0.1, -0.05) is 49.7 Å². The van der Waals surface area contributed by atoms with Crippen molar-refractivity contribution in [3.63, 3.8) is 0 Å². The Balaban J connectivity index is 2.24. The third kappa shape index (κ3) is 4.27. The second-order valence-electron chi connectivity index (χ2n) is 5.81. The van der Waals surface area contributed by atoms with Crippen LogP contribution in [0.4, 0.5) is 0 Å². The number of benzene rings is 2. The maximum absolute atomic E-state index is 12.6. The van der Waals surface area contributed by atoms with Crippen LogP contribution in [0.15, 0.2) is 48.5 Å². The van der Waals surface area contributed by atoms with Crippen molar-refractivity contribution in [1.82, 2.24) is 0 Å². The van der Waals surface area contributed by atoms with E-state index < -0.39 is 18.0 Å². The van der Waals surface area contributed by atoms with E-state index in [1.54, 1.807) is 36.4 Å². The Morgan fingerprint density at radius 2 is 1.83 bits per heavy atom. The van der Waals surface area contributed by atoms with Crippen molar-refractivity contribution in [2.45, 2.75) is 25.9 Å². The number of carbonyl (C=O) groups is 1. The lowest BCUT2D eigenvalue weighted by Gasteiger charge is -2.22. The van der Waals surface area contributed by atoms with Gasteiger partial charge in [0.25, 0.3) is 0 Å². The smallest absolute Gasteiger partial charge is 0.315 e. The third-order valence-corrected chi connectivity index (χ3v) is 3.93. The van der Waals surface area contributed by atoms with E-state index in [1.165, 1.54) is 12.1 Å². The fraction of sp³-hybridized carbons (Fsp3) is 0.263. The molecule has 2 atom stereocenters. The van der Waals surface area contributed by atoms with Crippen LogP contribution in [0.5, 0.6) is 5.75 Å². The van der Waals surface area contributed by atoms with Gasteiger partial charge in [0.15, 0.2) is 0 Å². The molecule has 2 rings (SSSR count). The molecule has 0 saturated carbocycles. The van der Waals surface area contributed by atoms with Crippen LogP contribution in [0, 0.1) is 17.2 Å². The molecule has 4 nitrogen and oxygen atoms in total. The molecule has 0 saturated heterocycles. The average Bonchev–Trinajstić information content (AvgIpc) is 2.54. The van der Waals surface area contributed by atoms with E-state index in [9.17, 15) is 15.2 Å². The van der Waals surface area contributed by atoms with Crippen LogP contribution < -0.4 is 0 Å². The van der Waals surface area contributed by atoms with Gasteiger partial charge in [-0.3, -0.25) is 4.79 Å². The number of rotatable bonds is 5. The summed E-state index contributed by atoms with van der Waals surface area (Å²) in [7, 11) is 0. The van der Waals surface area contributed by atoms with E-state index in [1.807, 2.05) is 19.9 Å². The number of esters is 1. The van der Waals surface area contributed by atoms with Crippen LogP contribution in [-0.2, 0) is 9.53 Å². The first-order valence-corrected chi connectivity index (χ1v) is 7.94. The zero-order valence-corrected chi connectivity index (χ0v) is 14.2. The summed E-state index contributed by atoms with van der Waals surface area (Å²) in [4.78, 5) is 12.6. The van der Waals surface area contributed by atoms with E-state index in [-0.39, 0.29) is 11.7 Å². The maximum Gasteiger partial charge on any atom is 0.315 e. The predicted molar refractivity (Wildman–Crippen MR) is 91.6 cm³/mol. The van der Waals surface area contributed by atoms with Crippen LogP contribution in [0.1, 0.15) is 37.0 Å². The van der Waals surface area contributed by atoms with Gasteiger partial charge in [-0.15, -0.1) is 0 Å². The number of carbonyl (C=O) groups excluding carboxylic acids is 1. The van der Waals surface area contributed by atoms with Crippen LogP contribution in [0.2, 0.25) is 5.02 Å². The van der Waals surface area contributed by atoms with Crippen molar-refractivity contribution < 1.29 is 14.6 Å². The molecule has 124 valence electrons. The Bertz CT molecular complexity index is 750. The molecule has 0 fully saturated rings. The molecule has 2 aromatic carbocycles. The minimum atomic E-state index is -1.07. The number of ether oxygens (including phenoxy) is 1. The number of aromatic hydroxyl groups is 1. The number of nitriles is 1. The predicted octanol–water partition coefficient (Wildman–Crippen LogP) is 4.59. The van der Waals surface area contributed by atoms with E-state index in [4.69, 9.17) is 16.3 Å². The minimum Gasteiger partial charge on any atom is -0.508 e. The molecule has 2 unspecified atom stereocenters. The zero-order valence-electron chi connectivity index (χ0n) is 13.4. The summed E-state index contributed by atoms with van der Waals surface area (Å²) in [6.45, 7) is 3.83. The van der Waals surface area contributed by atoms with E-state index in [0.717, 1.165) is 5.56 Å². The summed E-state index contributed by atoms with van der Waals surface area (Å²) in [5.74, 6) is -0.984. The van der Waals surface area contributed by atoms with Gasteiger partial charge in [0, 0.05) is 10.6 Å². The SMILES string of the molecule is CC(C)C(C(=O)OC(C#N)c1cccc(O)c1)c1ccc(Cl)cc1. The highest BCUT2D eigenvalue weighted by Crippen LogP contribution is 2.30. The van der Waals surface area contributed by atoms with Crippen molar-refractivity contribution in [2.24, 2.45) is 5.92 Å². The van der Waals surface area contributed by atoms with Crippen LogP contribution >= 0.6 is 11.6 Å². The first-order valence-electron chi connectivity index (χ1n) is 7.57. The van der Waals surface area contributed by atoms with Gasteiger partial charge in [-0.05, 0) is 35.7 Å². The molecule has 0 aliphatic rings. The molecule has 0 aliphatic heterocycles. The molecule has 2 aromatic rings. The molecule has 5 heteroatoms.